The first-order chi connectivity index (χ1) is 13.0. The van der Waals surface area contributed by atoms with Gasteiger partial charge in [0.2, 0.25) is 0 Å². The van der Waals surface area contributed by atoms with Crippen molar-refractivity contribution in [3.05, 3.63) is 46.0 Å². The van der Waals surface area contributed by atoms with Gasteiger partial charge in [0.25, 0.3) is 0 Å². The SMILES string of the molecule is COCCn1c(=O)[nH]c2nc(-c3cc(C(F)(F)F)cc(C(F)(F)F)c3)cnc21. The predicted molar refractivity (Wildman–Crippen MR) is 85.5 cm³/mol. The van der Waals surface area contributed by atoms with Crippen molar-refractivity contribution in [1.29, 1.82) is 0 Å². The summed E-state index contributed by atoms with van der Waals surface area (Å²) < 4.78 is 84.1. The van der Waals surface area contributed by atoms with Crippen molar-refractivity contribution in [3.63, 3.8) is 0 Å². The number of imidazole rings is 1. The molecule has 2 heterocycles. The lowest BCUT2D eigenvalue weighted by atomic mass is 10.0. The number of benzene rings is 1. The summed E-state index contributed by atoms with van der Waals surface area (Å²) in [5, 5.41) is 0. The maximum Gasteiger partial charge on any atom is 0.416 e. The molecule has 0 bridgehead atoms. The van der Waals surface area contributed by atoms with E-state index in [9.17, 15) is 31.1 Å². The molecule has 0 unspecified atom stereocenters. The van der Waals surface area contributed by atoms with Crippen LogP contribution in [0.25, 0.3) is 22.6 Å². The number of rotatable bonds is 4. The zero-order valence-electron chi connectivity index (χ0n) is 14.1. The Hall–Kier alpha value is -2.89. The predicted octanol–water partition coefficient (Wildman–Crippen LogP) is 3.47. The number of fused-ring (bicyclic) bond motifs is 1. The van der Waals surface area contributed by atoms with E-state index in [1.165, 1.54) is 11.7 Å². The summed E-state index contributed by atoms with van der Waals surface area (Å²) in [6.07, 6.45) is -8.95. The van der Waals surface area contributed by atoms with Gasteiger partial charge in [-0.3, -0.25) is 9.55 Å². The van der Waals surface area contributed by atoms with Gasteiger partial charge in [0.1, 0.15) is 0 Å². The molecule has 0 atom stereocenters. The van der Waals surface area contributed by atoms with E-state index in [1.807, 2.05) is 0 Å². The molecule has 12 heteroatoms. The standard InChI is InChI=1S/C16H12F6N4O2/c1-28-3-2-26-13-12(25-14(26)27)24-11(7-23-13)8-4-9(15(17,18)19)6-10(5-8)16(20,21)22/h4-7H,2-3H2,1H3,(H,24,25,27). The molecule has 6 nitrogen and oxygen atoms in total. The van der Waals surface area contributed by atoms with Crippen LogP contribution < -0.4 is 5.69 Å². The fourth-order valence-electron chi connectivity index (χ4n) is 2.56. The van der Waals surface area contributed by atoms with Crippen molar-refractivity contribution in [2.75, 3.05) is 13.7 Å². The monoisotopic (exact) mass is 406 g/mol. The highest BCUT2D eigenvalue weighted by Crippen LogP contribution is 2.38. The summed E-state index contributed by atoms with van der Waals surface area (Å²) in [5.41, 5.74) is -4.15. The Balaban J connectivity index is 2.15. The zero-order valence-corrected chi connectivity index (χ0v) is 14.1. The quantitative estimate of drug-likeness (QED) is 0.674. The molecule has 2 aromatic heterocycles. The topological polar surface area (TPSA) is 72.8 Å². The molecule has 0 radical (unpaired) electrons. The summed E-state index contributed by atoms with van der Waals surface area (Å²) in [6.45, 7) is 0.337. The van der Waals surface area contributed by atoms with E-state index in [4.69, 9.17) is 4.74 Å². The molecule has 1 N–H and O–H groups in total. The van der Waals surface area contributed by atoms with Gasteiger partial charge in [-0.25, -0.2) is 14.8 Å². The van der Waals surface area contributed by atoms with Crippen LogP contribution in [0.5, 0.6) is 0 Å². The Morgan fingerprint density at radius 2 is 1.68 bits per heavy atom. The normalized spacial score (nSPS) is 12.7. The van der Waals surface area contributed by atoms with E-state index in [0.29, 0.717) is 12.1 Å². The highest BCUT2D eigenvalue weighted by Gasteiger charge is 2.37. The Kier molecular flexibility index (Phi) is 4.91. The maximum absolute atomic E-state index is 13.0. The van der Waals surface area contributed by atoms with Gasteiger partial charge < -0.3 is 4.74 Å². The van der Waals surface area contributed by atoms with Gasteiger partial charge in [0.15, 0.2) is 11.3 Å². The minimum absolute atomic E-state index is 0.0263. The molecule has 3 aromatic rings. The number of aromatic amines is 1. The van der Waals surface area contributed by atoms with Gasteiger partial charge in [-0.2, -0.15) is 26.3 Å². The van der Waals surface area contributed by atoms with Gasteiger partial charge in [0.05, 0.1) is 36.2 Å². The van der Waals surface area contributed by atoms with Gasteiger partial charge in [-0.05, 0) is 18.2 Å². The first-order valence-corrected chi connectivity index (χ1v) is 7.75. The molecule has 0 saturated carbocycles. The molecule has 0 aliphatic carbocycles. The first kappa shape index (κ1) is 19.9. The van der Waals surface area contributed by atoms with Crippen LogP contribution in [0.1, 0.15) is 11.1 Å². The highest BCUT2D eigenvalue weighted by molar-refractivity contribution is 5.71. The van der Waals surface area contributed by atoms with E-state index in [2.05, 4.69) is 15.0 Å². The number of halogens is 6. The molecular formula is C16H12F6N4O2. The molecule has 0 saturated heterocycles. The lowest BCUT2D eigenvalue weighted by molar-refractivity contribution is -0.143. The van der Waals surface area contributed by atoms with E-state index in [-0.39, 0.29) is 36.2 Å². The van der Waals surface area contributed by atoms with E-state index >= 15 is 0 Å². The lowest BCUT2D eigenvalue weighted by Gasteiger charge is -2.14. The van der Waals surface area contributed by atoms with Crippen LogP contribution in [0, 0.1) is 0 Å². The second-order valence-corrected chi connectivity index (χ2v) is 5.80. The molecule has 3 rings (SSSR count). The third-order valence-corrected chi connectivity index (χ3v) is 3.88. The van der Waals surface area contributed by atoms with Crippen molar-refractivity contribution in [3.8, 4) is 11.3 Å². The number of H-pyrrole nitrogens is 1. The van der Waals surface area contributed by atoms with Crippen LogP contribution in [-0.2, 0) is 23.6 Å². The minimum Gasteiger partial charge on any atom is -0.383 e. The Morgan fingerprint density at radius 1 is 1.07 bits per heavy atom. The van der Waals surface area contributed by atoms with Crippen LogP contribution >= 0.6 is 0 Å². The van der Waals surface area contributed by atoms with Crippen molar-refractivity contribution < 1.29 is 31.1 Å². The average Bonchev–Trinajstić information content (AvgIpc) is 2.92. The number of hydrogen-bond donors (Lipinski definition) is 1. The van der Waals surface area contributed by atoms with E-state index < -0.39 is 34.7 Å². The van der Waals surface area contributed by atoms with E-state index in [0.717, 1.165) is 6.20 Å². The Bertz CT molecular complexity index is 1040. The van der Waals surface area contributed by atoms with Gasteiger partial charge in [0, 0.05) is 12.7 Å². The zero-order chi connectivity index (χ0) is 20.7. The number of ether oxygens (including phenoxy) is 1. The molecule has 0 amide bonds. The number of nitrogens with zero attached hydrogens (tertiary/aromatic N) is 3. The first-order valence-electron chi connectivity index (χ1n) is 7.75. The molecule has 1 aromatic carbocycles. The number of methoxy groups -OCH3 is 1. The van der Waals surface area contributed by atoms with Crippen molar-refractivity contribution >= 4 is 11.3 Å². The highest BCUT2D eigenvalue weighted by atomic mass is 19.4. The lowest BCUT2D eigenvalue weighted by Crippen LogP contribution is -2.19. The molecular weight excluding hydrogens is 394 g/mol. The fourth-order valence-corrected chi connectivity index (χ4v) is 2.56. The molecule has 0 aliphatic rings. The van der Waals surface area contributed by atoms with Crippen LogP contribution in [0.15, 0.2) is 29.2 Å². The van der Waals surface area contributed by atoms with Crippen LogP contribution in [0.3, 0.4) is 0 Å². The molecule has 0 spiro atoms. The minimum atomic E-state index is -4.98. The summed E-state index contributed by atoms with van der Waals surface area (Å²) in [5.74, 6) is 0. The number of alkyl halides is 6. The number of nitrogens with one attached hydrogen (secondary N) is 1. The van der Waals surface area contributed by atoms with Gasteiger partial charge in [-0.1, -0.05) is 0 Å². The smallest absolute Gasteiger partial charge is 0.383 e. The molecule has 0 aliphatic heterocycles. The number of hydrogen-bond acceptors (Lipinski definition) is 4. The number of aromatic nitrogens is 4. The average molecular weight is 406 g/mol. The summed E-state index contributed by atoms with van der Waals surface area (Å²) >= 11 is 0. The second-order valence-electron chi connectivity index (χ2n) is 5.80. The van der Waals surface area contributed by atoms with Gasteiger partial charge in [-0.15, -0.1) is 0 Å². The van der Waals surface area contributed by atoms with Gasteiger partial charge >= 0.3 is 18.0 Å². The summed E-state index contributed by atoms with van der Waals surface area (Å²) in [7, 11) is 1.43. The van der Waals surface area contributed by atoms with Crippen LogP contribution in [0.4, 0.5) is 26.3 Å². The molecule has 0 fully saturated rings. The summed E-state index contributed by atoms with van der Waals surface area (Å²) in [6, 6.07) is 1.12. The summed E-state index contributed by atoms with van der Waals surface area (Å²) in [4.78, 5) is 22.2. The van der Waals surface area contributed by atoms with Crippen molar-refractivity contribution in [2.45, 2.75) is 18.9 Å². The molecule has 150 valence electrons. The maximum atomic E-state index is 13.0. The van der Waals surface area contributed by atoms with Crippen molar-refractivity contribution in [2.24, 2.45) is 0 Å². The molecule has 28 heavy (non-hydrogen) atoms. The third kappa shape index (κ3) is 3.86. The Morgan fingerprint density at radius 3 is 2.21 bits per heavy atom. The largest absolute Gasteiger partial charge is 0.416 e. The third-order valence-electron chi connectivity index (χ3n) is 3.88. The van der Waals surface area contributed by atoms with E-state index in [1.54, 1.807) is 0 Å². The Labute approximate surface area is 152 Å². The fraction of sp³-hybridized carbons (Fsp3) is 0.312. The van der Waals surface area contributed by atoms with Crippen molar-refractivity contribution in [1.82, 2.24) is 19.5 Å². The van der Waals surface area contributed by atoms with Crippen LogP contribution in [0.2, 0.25) is 0 Å². The second kappa shape index (κ2) is 6.93. The van der Waals surface area contributed by atoms with Crippen LogP contribution in [-0.4, -0.2) is 33.2 Å².